The highest BCUT2D eigenvalue weighted by molar-refractivity contribution is 5.79. The molecule has 2 heterocycles. The summed E-state index contributed by atoms with van der Waals surface area (Å²) in [7, 11) is 2.02. The molecule has 2 aliphatic heterocycles. The largest absolute Gasteiger partial charge is 0.481 e. The fourth-order valence-electron chi connectivity index (χ4n) is 2.61. The van der Waals surface area contributed by atoms with Crippen LogP contribution in [0.5, 0.6) is 0 Å². The van der Waals surface area contributed by atoms with E-state index >= 15 is 0 Å². The van der Waals surface area contributed by atoms with Crippen molar-refractivity contribution in [1.29, 1.82) is 0 Å². The Hall–Kier alpha value is -1.34. The van der Waals surface area contributed by atoms with Crippen molar-refractivity contribution in [3.8, 4) is 0 Å². The minimum atomic E-state index is -0.843. The zero-order valence-electron chi connectivity index (χ0n) is 12.1. The van der Waals surface area contributed by atoms with Crippen LogP contribution in [0.2, 0.25) is 0 Å². The number of nitrogens with one attached hydrogen (secondary N) is 1. The summed E-state index contributed by atoms with van der Waals surface area (Å²) in [5, 5.41) is 12.0. The van der Waals surface area contributed by atoms with Crippen LogP contribution in [0.25, 0.3) is 0 Å². The molecule has 7 nitrogen and oxygen atoms in total. The van der Waals surface area contributed by atoms with Crippen molar-refractivity contribution >= 4 is 12.0 Å². The molecule has 0 radical (unpaired) electrons. The number of likely N-dealkylation sites (N-methyl/N-ethyl adjacent to an activating group) is 1. The Bertz CT molecular complexity index is 390. The van der Waals surface area contributed by atoms with E-state index in [1.54, 1.807) is 11.8 Å². The lowest BCUT2D eigenvalue weighted by Gasteiger charge is -2.30. The zero-order chi connectivity index (χ0) is 14.8. The maximum atomic E-state index is 12.0. The van der Waals surface area contributed by atoms with Gasteiger partial charge in [0.15, 0.2) is 0 Å². The number of carbonyl (C=O) groups is 2. The lowest BCUT2D eigenvalue weighted by atomic mass is 9.90. The number of morpholine rings is 1. The van der Waals surface area contributed by atoms with Crippen LogP contribution < -0.4 is 5.32 Å². The number of hydrogen-bond donors (Lipinski definition) is 2. The number of urea groups is 1. The molecule has 2 unspecified atom stereocenters. The van der Waals surface area contributed by atoms with Crippen LogP contribution in [0.4, 0.5) is 4.79 Å². The van der Waals surface area contributed by atoms with Gasteiger partial charge in [0.2, 0.25) is 0 Å². The molecule has 0 aromatic carbocycles. The van der Waals surface area contributed by atoms with Gasteiger partial charge in [0.1, 0.15) is 0 Å². The molecule has 2 amide bonds. The van der Waals surface area contributed by atoms with Crippen molar-refractivity contribution < 1.29 is 19.4 Å². The van der Waals surface area contributed by atoms with Gasteiger partial charge in [0.05, 0.1) is 18.1 Å². The van der Waals surface area contributed by atoms with Crippen molar-refractivity contribution in [2.24, 2.45) is 5.41 Å². The van der Waals surface area contributed by atoms with Gasteiger partial charge in [-0.15, -0.1) is 0 Å². The molecular formula is C13H23N3O4. The standard InChI is InChI=1S/C13H23N3O4/c1-13(11(17)18)3-4-16(9-13)12(19)14-7-10-8-15(2)5-6-20-10/h10H,3-9H2,1-2H3,(H,14,19)(H,17,18). The van der Waals surface area contributed by atoms with Gasteiger partial charge in [-0.05, 0) is 20.4 Å². The van der Waals surface area contributed by atoms with Gasteiger partial charge < -0.3 is 25.0 Å². The molecule has 2 saturated heterocycles. The number of nitrogens with zero attached hydrogens (tertiary/aromatic N) is 2. The van der Waals surface area contributed by atoms with Gasteiger partial charge >= 0.3 is 12.0 Å². The summed E-state index contributed by atoms with van der Waals surface area (Å²) in [6.45, 7) is 5.28. The molecule has 0 aromatic rings. The van der Waals surface area contributed by atoms with Gasteiger partial charge in [-0.3, -0.25) is 4.79 Å². The first kappa shape index (κ1) is 15.1. The second-order valence-electron chi connectivity index (χ2n) is 5.98. The summed E-state index contributed by atoms with van der Waals surface area (Å²) in [6.07, 6.45) is 0.504. The van der Waals surface area contributed by atoms with Crippen LogP contribution in [0.3, 0.4) is 0 Å². The Morgan fingerprint density at radius 2 is 2.20 bits per heavy atom. The molecule has 0 aliphatic carbocycles. The van der Waals surface area contributed by atoms with Crippen LogP contribution in [0.1, 0.15) is 13.3 Å². The van der Waals surface area contributed by atoms with Crippen molar-refractivity contribution in [3.05, 3.63) is 0 Å². The Morgan fingerprint density at radius 1 is 1.45 bits per heavy atom. The first-order valence-electron chi connectivity index (χ1n) is 6.97. The average Bonchev–Trinajstić information content (AvgIpc) is 2.80. The molecule has 0 aromatic heterocycles. The van der Waals surface area contributed by atoms with E-state index in [1.165, 1.54) is 0 Å². The number of likely N-dealkylation sites (tertiary alicyclic amines) is 1. The van der Waals surface area contributed by atoms with E-state index in [1.807, 2.05) is 7.05 Å². The predicted octanol–water partition coefficient (Wildman–Crippen LogP) is -0.177. The molecule has 2 fully saturated rings. The smallest absolute Gasteiger partial charge is 0.317 e. The van der Waals surface area contributed by atoms with Crippen LogP contribution in [-0.2, 0) is 9.53 Å². The number of amides is 2. The predicted molar refractivity (Wildman–Crippen MR) is 72.6 cm³/mol. The highest BCUT2D eigenvalue weighted by Crippen LogP contribution is 2.29. The fraction of sp³-hybridized carbons (Fsp3) is 0.846. The van der Waals surface area contributed by atoms with Crippen LogP contribution in [-0.4, -0.2) is 79.4 Å². The lowest BCUT2D eigenvalue weighted by Crippen LogP contribution is -2.48. The molecule has 2 N–H and O–H groups in total. The molecule has 0 bridgehead atoms. The third-order valence-corrected chi connectivity index (χ3v) is 4.10. The first-order chi connectivity index (χ1) is 9.40. The Kier molecular flexibility index (Phi) is 4.49. The number of aliphatic carboxylic acids is 1. The minimum Gasteiger partial charge on any atom is -0.481 e. The van der Waals surface area contributed by atoms with Crippen molar-refractivity contribution in [1.82, 2.24) is 15.1 Å². The molecule has 0 spiro atoms. The first-order valence-corrected chi connectivity index (χ1v) is 6.97. The summed E-state index contributed by atoms with van der Waals surface area (Å²) in [5.41, 5.74) is -0.821. The third kappa shape index (κ3) is 3.40. The van der Waals surface area contributed by atoms with Crippen molar-refractivity contribution in [3.63, 3.8) is 0 Å². The number of carboxylic acid groups (broad SMARTS) is 1. The minimum absolute atomic E-state index is 0.00570. The summed E-state index contributed by atoms with van der Waals surface area (Å²) < 4.78 is 5.57. The Labute approximate surface area is 118 Å². The number of carbonyl (C=O) groups excluding carboxylic acids is 1. The molecule has 7 heteroatoms. The van der Waals surface area contributed by atoms with E-state index in [-0.39, 0.29) is 18.7 Å². The molecular weight excluding hydrogens is 262 g/mol. The molecule has 2 rings (SSSR count). The van der Waals surface area contributed by atoms with E-state index in [2.05, 4.69) is 10.2 Å². The number of ether oxygens (including phenoxy) is 1. The van der Waals surface area contributed by atoms with E-state index in [4.69, 9.17) is 9.84 Å². The second kappa shape index (κ2) is 5.97. The zero-order valence-corrected chi connectivity index (χ0v) is 12.1. The van der Waals surface area contributed by atoms with Crippen molar-refractivity contribution in [2.45, 2.75) is 19.4 Å². The number of rotatable bonds is 3. The normalized spacial score (nSPS) is 31.3. The summed E-state index contributed by atoms with van der Waals surface area (Å²) >= 11 is 0. The van der Waals surface area contributed by atoms with Crippen molar-refractivity contribution in [2.75, 3.05) is 46.4 Å². The second-order valence-corrected chi connectivity index (χ2v) is 5.98. The molecule has 2 aliphatic rings. The lowest BCUT2D eigenvalue weighted by molar-refractivity contribution is -0.147. The summed E-state index contributed by atoms with van der Waals surface area (Å²) in [5.74, 6) is -0.843. The molecule has 114 valence electrons. The van der Waals surface area contributed by atoms with E-state index in [9.17, 15) is 9.59 Å². The van der Waals surface area contributed by atoms with Crippen LogP contribution in [0, 0.1) is 5.41 Å². The maximum absolute atomic E-state index is 12.0. The number of hydrogen-bond acceptors (Lipinski definition) is 4. The third-order valence-electron chi connectivity index (χ3n) is 4.10. The average molecular weight is 285 g/mol. The Morgan fingerprint density at radius 3 is 2.80 bits per heavy atom. The quantitative estimate of drug-likeness (QED) is 0.752. The van der Waals surface area contributed by atoms with Crippen LogP contribution >= 0.6 is 0 Å². The highest BCUT2D eigenvalue weighted by Gasteiger charge is 2.42. The van der Waals surface area contributed by atoms with E-state index in [0.29, 0.717) is 26.1 Å². The Balaban J connectivity index is 1.77. The summed E-state index contributed by atoms with van der Waals surface area (Å²) in [4.78, 5) is 26.9. The van der Waals surface area contributed by atoms with Gasteiger partial charge in [-0.25, -0.2) is 4.79 Å². The van der Waals surface area contributed by atoms with Gasteiger partial charge in [-0.1, -0.05) is 0 Å². The van der Waals surface area contributed by atoms with Gasteiger partial charge in [-0.2, -0.15) is 0 Å². The van der Waals surface area contributed by atoms with Gasteiger partial charge in [0.25, 0.3) is 0 Å². The number of carboxylic acids is 1. The molecule has 2 atom stereocenters. The topological polar surface area (TPSA) is 82.1 Å². The van der Waals surface area contributed by atoms with E-state index in [0.717, 1.165) is 13.1 Å². The highest BCUT2D eigenvalue weighted by atomic mass is 16.5. The SMILES string of the molecule is CN1CCOC(CNC(=O)N2CCC(C)(C(=O)O)C2)C1. The van der Waals surface area contributed by atoms with Gasteiger partial charge in [0, 0.05) is 32.7 Å². The summed E-state index contributed by atoms with van der Waals surface area (Å²) in [6, 6.07) is -0.202. The fourth-order valence-corrected chi connectivity index (χ4v) is 2.61. The molecule has 0 saturated carbocycles. The monoisotopic (exact) mass is 285 g/mol. The van der Waals surface area contributed by atoms with Crippen LogP contribution in [0.15, 0.2) is 0 Å². The molecule has 20 heavy (non-hydrogen) atoms. The maximum Gasteiger partial charge on any atom is 0.317 e. The van der Waals surface area contributed by atoms with E-state index < -0.39 is 11.4 Å².